The summed E-state index contributed by atoms with van der Waals surface area (Å²) < 4.78 is 0. The van der Waals surface area contributed by atoms with Gasteiger partial charge in [0.2, 0.25) is 0 Å². The normalized spacial score (nSPS) is 17.2. The van der Waals surface area contributed by atoms with Crippen LogP contribution in [0.3, 0.4) is 0 Å². The van der Waals surface area contributed by atoms with E-state index in [-0.39, 0.29) is 0 Å². The van der Waals surface area contributed by atoms with Crippen molar-refractivity contribution in [3.05, 3.63) is 23.4 Å². The minimum Gasteiger partial charge on any atom is -0.354 e. The first-order valence-corrected chi connectivity index (χ1v) is 7.19. The summed E-state index contributed by atoms with van der Waals surface area (Å²) in [5.74, 6) is 1.62. The minimum absolute atomic E-state index is 0.475. The predicted octanol–water partition coefficient (Wildman–Crippen LogP) is 1.68. The second-order valence-corrected chi connectivity index (χ2v) is 5.73. The topological polar surface area (TPSA) is 31.4 Å². The molecular formula is C15H26N4. The highest BCUT2D eigenvalue weighted by atomic mass is 15.3. The summed E-state index contributed by atoms with van der Waals surface area (Å²) in [6.07, 6.45) is 0. The zero-order chi connectivity index (χ0) is 13.8. The van der Waals surface area contributed by atoms with Crippen molar-refractivity contribution in [1.82, 2.24) is 15.2 Å². The van der Waals surface area contributed by atoms with Gasteiger partial charge >= 0.3 is 0 Å². The number of nitrogens with zero attached hydrogens (tertiary/aromatic N) is 3. The lowest BCUT2D eigenvalue weighted by atomic mass is 10.1. The van der Waals surface area contributed by atoms with E-state index in [4.69, 9.17) is 4.98 Å². The van der Waals surface area contributed by atoms with Gasteiger partial charge in [-0.3, -0.25) is 0 Å². The Labute approximate surface area is 116 Å². The van der Waals surface area contributed by atoms with Crippen LogP contribution in [0.5, 0.6) is 0 Å². The molecule has 0 aliphatic carbocycles. The van der Waals surface area contributed by atoms with Crippen molar-refractivity contribution in [2.45, 2.75) is 26.3 Å². The van der Waals surface area contributed by atoms with Crippen molar-refractivity contribution in [2.75, 3.05) is 45.2 Å². The molecule has 0 aromatic carbocycles. The van der Waals surface area contributed by atoms with Crippen LogP contribution in [0, 0.1) is 0 Å². The van der Waals surface area contributed by atoms with Gasteiger partial charge in [-0.1, -0.05) is 13.8 Å². The fourth-order valence-corrected chi connectivity index (χ4v) is 2.39. The number of hydrogen-bond acceptors (Lipinski definition) is 4. The third kappa shape index (κ3) is 3.67. The molecule has 4 heteroatoms. The Kier molecular flexibility index (Phi) is 4.77. The Hall–Kier alpha value is -1.13. The number of nitrogens with one attached hydrogen (secondary N) is 1. The summed E-state index contributed by atoms with van der Waals surface area (Å²) in [6.45, 7) is 9.71. The first-order valence-electron chi connectivity index (χ1n) is 7.19. The van der Waals surface area contributed by atoms with Crippen LogP contribution in [0.1, 0.15) is 31.0 Å². The van der Waals surface area contributed by atoms with E-state index in [0.717, 1.165) is 38.5 Å². The summed E-state index contributed by atoms with van der Waals surface area (Å²) >= 11 is 0. The maximum Gasteiger partial charge on any atom is 0.129 e. The third-order valence-corrected chi connectivity index (χ3v) is 3.69. The highest BCUT2D eigenvalue weighted by Gasteiger charge is 2.17. The number of piperazine rings is 1. The fourth-order valence-electron chi connectivity index (χ4n) is 2.39. The summed E-state index contributed by atoms with van der Waals surface area (Å²) in [6, 6.07) is 4.45. The Morgan fingerprint density at radius 3 is 2.47 bits per heavy atom. The summed E-state index contributed by atoms with van der Waals surface area (Å²) in [5.41, 5.74) is 2.52. The smallest absolute Gasteiger partial charge is 0.129 e. The number of rotatable bonds is 4. The molecule has 0 atom stereocenters. The molecule has 1 fully saturated rings. The van der Waals surface area contributed by atoms with Crippen LogP contribution in [0.2, 0.25) is 0 Å². The van der Waals surface area contributed by atoms with Crippen molar-refractivity contribution in [3.63, 3.8) is 0 Å². The largest absolute Gasteiger partial charge is 0.354 e. The van der Waals surface area contributed by atoms with E-state index < -0.39 is 0 Å². The third-order valence-electron chi connectivity index (χ3n) is 3.69. The zero-order valence-corrected chi connectivity index (χ0v) is 12.6. The molecule has 0 radical (unpaired) electrons. The molecule has 1 aliphatic heterocycles. The first kappa shape index (κ1) is 14.3. The highest BCUT2D eigenvalue weighted by molar-refractivity contribution is 5.44. The van der Waals surface area contributed by atoms with Gasteiger partial charge in [0.25, 0.3) is 0 Å². The van der Waals surface area contributed by atoms with Gasteiger partial charge in [0.05, 0.1) is 0 Å². The van der Waals surface area contributed by atoms with Gasteiger partial charge in [0.15, 0.2) is 0 Å². The lowest BCUT2D eigenvalue weighted by Crippen LogP contribution is -2.45. The Morgan fingerprint density at radius 2 is 1.89 bits per heavy atom. The molecule has 4 nitrogen and oxygen atoms in total. The van der Waals surface area contributed by atoms with Crippen LogP contribution in [-0.4, -0.2) is 50.2 Å². The van der Waals surface area contributed by atoms with Crippen LogP contribution in [0.4, 0.5) is 5.82 Å². The average Bonchev–Trinajstić information content (AvgIpc) is 2.39. The second-order valence-electron chi connectivity index (χ2n) is 5.73. The lowest BCUT2D eigenvalue weighted by molar-refractivity contribution is 0.312. The average molecular weight is 262 g/mol. The molecule has 1 N–H and O–H groups in total. The van der Waals surface area contributed by atoms with E-state index in [1.165, 1.54) is 11.3 Å². The molecule has 0 unspecified atom stereocenters. The molecule has 1 aromatic heterocycles. The van der Waals surface area contributed by atoms with Crippen LogP contribution in [0.15, 0.2) is 12.1 Å². The summed E-state index contributed by atoms with van der Waals surface area (Å²) in [5, 5.41) is 3.23. The Morgan fingerprint density at radius 1 is 1.21 bits per heavy atom. The quantitative estimate of drug-likeness (QED) is 0.894. The maximum atomic E-state index is 4.84. The van der Waals surface area contributed by atoms with E-state index in [2.05, 4.69) is 48.1 Å². The number of anilines is 1. The van der Waals surface area contributed by atoms with Crippen LogP contribution in [-0.2, 0) is 6.54 Å². The molecular weight excluding hydrogens is 236 g/mol. The molecule has 0 spiro atoms. The molecule has 106 valence electrons. The SMILES string of the molecule is CNCc1cc(C(C)C)nc(N2CCN(C)CC2)c1. The minimum atomic E-state index is 0.475. The summed E-state index contributed by atoms with van der Waals surface area (Å²) in [4.78, 5) is 9.62. The number of aromatic nitrogens is 1. The number of hydrogen-bond donors (Lipinski definition) is 1. The molecule has 0 amide bonds. The van der Waals surface area contributed by atoms with Crippen molar-refractivity contribution in [3.8, 4) is 0 Å². The fraction of sp³-hybridized carbons (Fsp3) is 0.667. The number of likely N-dealkylation sites (N-methyl/N-ethyl adjacent to an activating group) is 1. The van der Waals surface area contributed by atoms with Crippen LogP contribution in [0.25, 0.3) is 0 Å². The Balaban J connectivity index is 2.23. The standard InChI is InChI=1S/C15H26N4/c1-12(2)14-9-13(11-16-3)10-15(17-14)19-7-5-18(4)6-8-19/h9-10,12,16H,5-8,11H2,1-4H3. The van der Waals surface area contributed by atoms with Gasteiger partial charge in [-0.25, -0.2) is 4.98 Å². The lowest BCUT2D eigenvalue weighted by Gasteiger charge is -2.33. The highest BCUT2D eigenvalue weighted by Crippen LogP contribution is 2.21. The van der Waals surface area contributed by atoms with Crippen molar-refractivity contribution in [1.29, 1.82) is 0 Å². The van der Waals surface area contributed by atoms with E-state index in [1.807, 2.05) is 7.05 Å². The molecule has 0 bridgehead atoms. The summed E-state index contributed by atoms with van der Waals surface area (Å²) in [7, 11) is 4.17. The van der Waals surface area contributed by atoms with Crippen molar-refractivity contribution in [2.24, 2.45) is 0 Å². The monoisotopic (exact) mass is 262 g/mol. The van der Waals surface area contributed by atoms with Gasteiger partial charge < -0.3 is 15.1 Å². The van der Waals surface area contributed by atoms with Gasteiger partial charge in [-0.05, 0) is 37.7 Å². The van der Waals surface area contributed by atoms with E-state index in [0.29, 0.717) is 5.92 Å². The van der Waals surface area contributed by atoms with Gasteiger partial charge in [0, 0.05) is 38.4 Å². The van der Waals surface area contributed by atoms with Crippen LogP contribution < -0.4 is 10.2 Å². The van der Waals surface area contributed by atoms with Gasteiger partial charge in [0.1, 0.15) is 5.82 Å². The van der Waals surface area contributed by atoms with E-state index in [9.17, 15) is 0 Å². The molecule has 1 aliphatic rings. The van der Waals surface area contributed by atoms with Gasteiger partial charge in [-0.2, -0.15) is 0 Å². The van der Waals surface area contributed by atoms with Crippen molar-refractivity contribution < 1.29 is 0 Å². The zero-order valence-electron chi connectivity index (χ0n) is 12.6. The molecule has 1 saturated heterocycles. The van der Waals surface area contributed by atoms with E-state index >= 15 is 0 Å². The molecule has 2 rings (SSSR count). The second kappa shape index (κ2) is 6.35. The van der Waals surface area contributed by atoms with E-state index in [1.54, 1.807) is 0 Å². The van der Waals surface area contributed by atoms with Gasteiger partial charge in [-0.15, -0.1) is 0 Å². The number of pyridine rings is 1. The molecule has 1 aromatic rings. The molecule has 19 heavy (non-hydrogen) atoms. The first-order chi connectivity index (χ1) is 9.10. The maximum absolute atomic E-state index is 4.84. The predicted molar refractivity (Wildman–Crippen MR) is 80.8 cm³/mol. The van der Waals surface area contributed by atoms with Crippen molar-refractivity contribution >= 4 is 5.82 Å². The molecule has 2 heterocycles. The van der Waals surface area contributed by atoms with Crippen LogP contribution >= 0.6 is 0 Å². The Bertz CT molecular complexity index is 409. The molecule has 0 saturated carbocycles.